The molecule has 0 unspecified atom stereocenters. The molecule has 3 rings (SSSR count). The minimum atomic E-state index is -4.68. The predicted octanol–water partition coefficient (Wildman–Crippen LogP) is 2.82. The summed E-state index contributed by atoms with van der Waals surface area (Å²) in [6, 6.07) is 5.14. The fourth-order valence-corrected chi connectivity index (χ4v) is 3.98. The standard InChI is InChI=1S/C19H23F3N6O3S/c1-3-32(30,31)28(2)9-5-8-23-17-13(19(20,21)22)11-24-18(27-17)25-14-7-4-6-12-10-15(29)26-16(12)14/h4,6-7,11H,3,5,8-10H2,1-2H3,(H,26,29)(H2,23,24,25,27). The number of amides is 1. The van der Waals surface area contributed by atoms with Crippen LogP contribution in [0.5, 0.6) is 0 Å². The van der Waals surface area contributed by atoms with Crippen molar-refractivity contribution in [3.05, 3.63) is 35.5 Å². The van der Waals surface area contributed by atoms with E-state index in [1.54, 1.807) is 18.2 Å². The normalized spacial score (nSPS) is 13.8. The third kappa shape index (κ3) is 5.46. The number of hydrogen-bond donors (Lipinski definition) is 3. The maximum absolute atomic E-state index is 13.4. The summed E-state index contributed by atoms with van der Waals surface area (Å²) in [6.07, 6.45) is -3.51. The first-order chi connectivity index (χ1) is 15.0. The molecule has 0 radical (unpaired) electrons. The molecule has 0 spiro atoms. The number of carbonyl (C=O) groups is 1. The number of fused-ring (bicyclic) bond motifs is 1. The molecule has 1 aromatic carbocycles. The van der Waals surface area contributed by atoms with E-state index in [1.807, 2.05) is 0 Å². The Morgan fingerprint density at radius 1 is 1.28 bits per heavy atom. The molecule has 0 bridgehead atoms. The number of carbonyl (C=O) groups excluding carboxylic acids is 1. The van der Waals surface area contributed by atoms with Gasteiger partial charge in [-0.2, -0.15) is 18.2 Å². The van der Waals surface area contributed by atoms with Crippen LogP contribution in [0.3, 0.4) is 0 Å². The molecule has 1 aromatic heterocycles. The fourth-order valence-electron chi connectivity index (χ4n) is 3.13. The molecular weight excluding hydrogens is 449 g/mol. The van der Waals surface area contributed by atoms with E-state index < -0.39 is 27.6 Å². The van der Waals surface area contributed by atoms with Crippen molar-refractivity contribution in [2.45, 2.75) is 25.9 Å². The van der Waals surface area contributed by atoms with Crippen molar-refractivity contribution in [1.29, 1.82) is 0 Å². The van der Waals surface area contributed by atoms with Crippen LogP contribution in [0.1, 0.15) is 24.5 Å². The third-order valence-electron chi connectivity index (χ3n) is 4.89. The van der Waals surface area contributed by atoms with Gasteiger partial charge >= 0.3 is 6.18 Å². The van der Waals surface area contributed by atoms with E-state index in [0.717, 1.165) is 9.87 Å². The van der Waals surface area contributed by atoms with Crippen molar-refractivity contribution in [2.24, 2.45) is 0 Å². The van der Waals surface area contributed by atoms with Crippen LogP contribution in [0.4, 0.5) is 36.3 Å². The lowest BCUT2D eigenvalue weighted by Gasteiger charge is -2.17. The number of aromatic nitrogens is 2. The Morgan fingerprint density at radius 3 is 2.72 bits per heavy atom. The number of sulfonamides is 1. The molecule has 3 N–H and O–H groups in total. The quantitative estimate of drug-likeness (QED) is 0.481. The van der Waals surface area contributed by atoms with Gasteiger partial charge in [0, 0.05) is 26.3 Å². The third-order valence-corrected chi connectivity index (χ3v) is 6.75. The summed E-state index contributed by atoms with van der Waals surface area (Å²) in [5.41, 5.74) is 0.724. The van der Waals surface area contributed by atoms with Crippen LogP contribution in [0.25, 0.3) is 0 Å². The van der Waals surface area contributed by atoms with Crippen LogP contribution in [0.15, 0.2) is 24.4 Å². The Kier molecular flexibility index (Phi) is 6.88. The van der Waals surface area contributed by atoms with Gasteiger partial charge in [-0.05, 0) is 25.0 Å². The van der Waals surface area contributed by atoms with Crippen molar-refractivity contribution in [2.75, 3.05) is 41.8 Å². The highest BCUT2D eigenvalue weighted by molar-refractivity contribution is 7.89. The van der Waals surface area contributed by atoms with Gasteiger partial charge < -0.3 is 16.0 Å². The van der Waals surface area contributed by atoms with Gasteiger partial charge in [-0.15, -0.1) is 0 Å². The van der Waals surface area contributed by atoms with Crippen molar-refractivity contribution in [3.63, 3.8) is 0 Å². The maximum Gasteiger partial charge on any atom is 0.421 e. The number of halogens is 3. The molecule has 2 heterocycles. The summed E-state index contributed by atoms with van der Waals surface area (Å²) in [6.45, 7) is 1.74. The van der Waals surface area contributed by atoms with Gasteiger partial charge in [0.1, 0.15) is 11.4 Å². The topological polar surface area (TPSA) is 116 Å². The molecule has 9 nitrogen and oxygen atoms in total. The second-order valence-electron chi connectivity index (χ2n) is 7.15. The van der Waals surface area contributed by atoms with E-state index in [9.17, 15) is 26.4 Å². The fraction of sp³-hybridized carbons (Fsp3) is 0.421. The first-order valence-electron chi connectivity index (χ1n) is 9.82. The van der Waals surface area contributed by atoms with E-state index in [-0.39, 0.29) is 43.5 Å². The molecular formula is C19H23F3N6O3S. The molecule has 0 fully saturated rings. The zero-order valence-electron chi connectivity index (χ0n) is 17.5. The van der Waals surface area contributed by atoms with E-state index in [2.05, 4.69) is 25.9 Å². The first-order valence-corrected chi connectivity index (χ1v) is 11.4. The molecule has 1 aliphatic rings. The number of para-hydroxylation sites is 1. The van der Waals surface area contributed by atoms with E-state index in [0.29, 0.717) is 17.6 Å². The number of alkyl halides is 3. The Hall–Kier alpha value is -2.93. The molecule has 0 saturated heterocycles. The second kappa shape index (κ2) is 9.28. The van der Waals surface area contributed by atoms with Crippen molar-refractivity contribution < 1.29 is 26.4 Å². The number of rotatable bonds is 9. The highest BCUT2D eigenvalue weighted by atomic mass is 32.2. The number of nitrogens with one attached hydrogen (secondary N) is 3. The van der Waals surface area contributed by atoms with Crippen LogP contribution in [0, 0.1) is 0 Å². The average Bonchev–Trinajstić information content (AvgIpc) is 3.11. The molecule has 0 aliphatic carbocycles. The lowest BCUT2D eigenvalue weighted by Crippen LogP contribution is -2.30. The second-order valence-corrected chi connectivity index (χ2v) is 9.51. The molecule has 32 heavy (non-hydrogen) atoms. The summed E-state index contributed by atoms with van der Waals surface area (Å²) in [5.74, 6) is -0.743. The molecule has 0 atom stereocenters. The Bertz CT molecular complexity index is 1110. The number of nitrogens with zero attached hydrogens (tertiary/aromatic N) is 3. The smallest absolute Gasteiger partial charge is 0.369 e. The van der Waals surface area contributed by atoms with Gasteiger partial charge in [0.2, 0.25) is 21.9 Å². The van der Waals surface area contributed by atoms with E-state index >= 15 is 0 Å². The van der Waals surface area contributed by atoms with E-state index in [1.165, 1.54) is 14.0 Å². The predicted molar refractivity (Wildman–Crippen MR) is 114 cm³/mol. The molecule has 0 saturated carbocycles. The van der Waals surface area contributed by atoms with Gasteiger partial charge in [0.25, 0.3) is 0 Å². The van der Waals surface area contributed by atoms with Gasteiger partial charge in [0.05, 0.1) is 23.5 Å². The Morgan fingerprint density at radius 2 is 2.03 bits per heavy atom. The number of anilines is 4. The van der Waals surface area contributed by atoms with Gasteiger partial charge in [-0.25, -0.2) is 17.7 Å². The number of benzene rings is 1. The average molecular weight is 472 g/mol. The summed E-state index contributed by atoms with van der Waals surface area (Å²) in [5, 5.41) is 8.18. The van der Waals surface area contributed by atoms with Gasteiger partial charge in [-0.1, -0.05) is 12.1 Å². The van der Waals surface area contributed by atoms with Crippen LogP contribution in [-0.4, -0.2) is 54.5 Å². The van der Waals surface area contributed by atoms with Gasteiger partial charge in [-0.3, -0.25) is 4.79 Å². The van der Waals surface area contributed by atoms with Crippen LogP contribution in [0.2, 0.25) is 0 Å². The highest BCUT2D eigenvalue weighted by Gasteiger charge is 2.35. The van der Waals surface area contributed by atoms with Crippen LogP contribution >= 0.6 is 0 Å². The van der Waals surface area contributed by atoms with Crippen molar-refractivity contribution in [1.82, 2.24) is 14.3 Å². The maximum atomic E-state index is 13.4. The Labute approximate surface area is 183 Å². The summed E-state index contributed by atoms with van der Waals surface area (Å²) in [7, 11) is -1.94. The van der Waals surface area contributed by atoms with Gasteiger partial charge in [0.15, 0.2) is 0 Å². The zero-order chi connectivity index (χ0) is 23.5. The highest BCUT2D eigenvalue weighted by Crippen LogP contribution is 2.36. The van der Waals surface area contributed by atoms with Crippen molar-refractivity contribution in [3.8, 4) is 0 Å². The van der Waals surface area contributed by atoms with Crippen LogP contribution in [-0.2, 0) is 27.4 Å². The van der Waals surface area contributed by atoms with E-state index in [4.69, 9.17) is 0 Å². The molecule has 174 valence electrons. The minimum absolute atomic E-state index is 0.0558. The zero-order valence-corrected chi connectivity index (χ0v) is 18.3. The minimum Gasteiger partial charge on any atom is -0.369 e. The lowest BCUT2D eigenvalue weighted by molar-refractivity contribution is -0.137. The number of hydrogen-bond acceptors (Lipinski definition) is 7. The molecule has 13 heteroatoms. The lowest BCUT2D eigenvalue weighted by atomic mass is 10.1. The molecule has 1 amide bonds. The summed E-state index contributed by atoms with van der Waals surface area (Å²) < 4.78 is 64.9. The first kappa shape index (κ1) is 23.7. The van der Waals surface area contributed by atoms with Crippen LogP contribution < -0.4 is 16.0 Å². The SMILES string of the molecule is CCS(=O)(=O)N(C)CCCNc1nc(Nc2cccc3c2NC(=O)C3)ncc1C(F)(F)F. The summed E-state index contributed by atoms with van der Waals surface area (Å²) in [4.78, 5) is 19.4. The molecule has 2 aromatic rings. The molecule has 1 aliphatic heterocycles. The summed E-state index contributed by atoms with van der Waals surface area (Å²) >= 11 is 0. The Balaban J connectivity index is 1.75. The van der Waals surface area contributed by atoms with Crippen molar-refractivity contribution >= 4 is 39.1 Å². The monoisotopic (exact) mass is 472 g/mol. The largest absolute Gasteiger partial charge is 0.421 e.